The predicted molar refractivity (Wildman–Crippen MR) is 105 cm³/mol. The Morgan fingerprint density at radius 1 is 1.23 bits per heavy atom. The van der Waals surface area contributed by atoms with Gasteiger partial charge in [0.25, 0.3) is 0 Å². The molecule has 26 heavy (non-hydrogen) atoms. The Bertz CT molecular complexity index is 657. The van der Waals surface area contributed by atoms with E-state index in [-0.39, 0.29) is 17.4 Å². The predicted octanol–water partition coefficient (Wildman–Crippen LogP) is 2.46. The summed E-state index contributed by atoms with van der Waals surface area (Å²) in [5, 5.41) is 3.39. The fourth-order valence-electron chi connectivity index (χ4n) is 4.99. The van der Waals surface area contributed by atoms with Crippen LogP contribution in [0.1, 0.15) is 50.7 Å². The van der Waals surface area contributed by atoms with E-state index in [1.807, 2.05) is 0 Å². The van der Waals surface area contributed by atoms with E-state index in [2.05, 4.69) is 36.0 Å². The molecule has 3 aliphatic rings. The number of hydrogen-bond acceptors (Lipinski definition) is 5. The van der Waals surface area contributed by atoms with Crippen LogP contribution < -0.4 is 5.73 Å². The summed E-state index contributed by atoms with van der Waals surface area (Å²) in [4.78, 5) is 22.3. The molecule has 1 aromatic rings. The number of amides is 1. The number of nitrogens with two attached hydrogens (primary N) is 1. The summed E-state index contributed by atoms with van der Waals surface area (Å²) in [5.74, 6) is 1.56. The van der Waals surface area contributed by atoms with Gasteiger partial charge in [0.2, 0.25) is 5.91 Å². The summed E-state index contributed by atoms with van der Waals surface area (Å²) in [6.07, 6.45) is 3.61. The molecule has 2 aliphatic carbocycles. The first-order chi connectivity index (χ1) is 12.3. The molecule has 4 rings (SSSR count). The van der Waals surface area contributed by atoms with Gasteiger partial charge in [-0.1, -0.05) is 20.8 Å². The molecule has 2 heterocycles. The Labute approximate surface area is 160 Å². The number of carbonyl (C=O) groups excluding carboxylic acids is 1. The van der Waals surface area contributed by atoms with Gasteiger partial charge < -0.3 is 10.6 Å². The molecule has 0 radical (unpaired) electrons. The van der Waals surface area contributed by atoms with Crippen LogP contribution in [0.2, 0.25) is 0 Å². The fourth-order valence-corrected chi connectivity index (χ4v) is 5.89. The maximum atomic E-state index is 13.0. The highest BCUT2D eigenvalue weighted by Crippen LogP contribution is 2.48. The van der Waals surface area contributed by atoms with Gasteiger partial charge in [0.05, 0.1) is 16.6 Å². The maximum Gasteiger partial charge on any atom is 0.227 e. The molecule has 0 spiro atoms. The Hall–Kier alpha value is -0.980. The number of thiazole rings is 1. The van der Waals surface area contributed by atoms with Crippen molar-refractivity contribution in [3.05, 3.63) is 16.1 Å². The minimum atomic E-state index is 0.0909. The molecule has 2 saturated carbocycles. The standard InChI is InChI=1S/C20H32N4OS/c1-20(2,3)19-22-15(12-26-19)11-23-6-8-24(9-7-23)18(25)16-13-4-5-14(10-13)17(16)21/h12-14,16-17H,4-11,21H2,1-3H3. The summed E-state index contributed by atoms with van der Waals surface area (Å²) >= 11 is 1.76. The normalized spacial score (nSPS) is 32.4. The lowest BCUT2D eigenvalue weighted by Gasteiger charge is -2.38. The lowest BCUT2D eigenvalue weighted by molar-refractivity contribution is -0.139. The van der Waals surface area contributed by atoms with Crippen LogP contribution in [0.25, 0.3) is 0 Å². The van der Waals surface area contributed by atoms with E-state index in [1.165, 1.54) is 24.3 Å². The fraction of sp³-hybridized carbons (Fsp3) is 0.800. The minimum Gasteiger partial charge on any atom is -0.340 e. The van der Waals surface area contributed by atoms with Crippen LogP contribution >= 0.6 is 11.3 Å². The Kier molecular flexibility index (Phi) is 4.86. The van der Waals surface area contributed by atoms with Crippen LogP contribution in [-0.4, -0.2) is 52.9 Å². The number of piperazine rings is 1. The van der Waals surface area contributed by atoms with Crippen molar-refractivity contribution < 1.29 is 4.79 Å². The van der Waals surface area contributed by atoms with E-state index in [9.17, 15) is 4.79 Å². The Morgan fingerprint density at radius 3 is 2.50 bits per heavy atom. The Morgan fingerprint density at radius 2 is 1.92 bits per heavy atom. The largest absolute Gasteiger partial charge is 0.340 e. The summed E-state index contributed by atoms with van der Waals surface area (Å²) in [7, 11) is 0. The zero-order valence-corrected chi connectivity index (χ0v) is 17.1. The lowest BCUT2D eigenvalue weighted by atomic mass is 9.84. The zero-order valence-electron chi connectivity index (χ0n) is 16.3. The van der Waals surface area contributed by atoms with Gasteiger partial charge in [0.15, 0.2) is 0 Å². The van der Waals surface area contributed by atoms with Crippen molar-refractivity contribution in [1.29, 1.82) is 0 Å². The third kappa shape index (κ3) is 3.43. The van der Waals surface area contributed by atoms with Crippen molar-refractivity contribution in [2.75, 3.05) is 26.2 Å². The van der Waals surface area contributed by atoms with Crippen LogP contribution in [-0.2, 0) is 16.8 Å². The van der Waals surface area contributed by atoms with Crippen LogP contribution in [0, 0.1) is 17.8 Å². The van der Waals surface area contributed by atoms with Crippen molar-refractivity contribution in [2.24, 2.45) is 23.5 Å². The molecule has 2 N–H and O–H groups in total. The van der Waals surface area contributed by atoms with Crippen molar-refractivity contribution in [2.45, 2.75) is 58.0 Å². The number of carbonyl (C=O) groups is 1. The average molecular weight is 377 g/mol. The van der Waals surface area contributed by atoms with E-state index < -0.39 is 0 Å². The van der Waals surface area contributed by atoms with Crippen molar-refractivity contribution in [3.8, 4) is 0 Å². The molecule has 1 aromatic heterocycles. The average Bonchev–Trinajstić information content (AvgIpc) is 3.30. The van der Waals surface area contributed by atoms with Crippen LogP contribution in [0.15, 0.2) is 5.38 Å². The van der Waals surface area contributed by atoms with Gasteiger partial charge in [-0.3, -0.25) is 9.69 Å². The first-order valence-corrected chi connectivity index (χ1v) is 10.9. The third-order valence-electron chi connectivity index (χ3n) is 6.53. The molecular weight excluding hydrogens is 344 g/mol. The van der Waals surface area contributed by atoms with E-state index in [0.717, 1.165) is 38.4 Å². The van der Waals surface area contributed by atoms with Gasteiger partial charge in [-0.05, 0) is 31.1 Å². The highest BCUT2D eigenvalue weighted by molar-refractivity contribution is 7.09. The van der Waals surface area contributed by atoms with Crippen molar-refractivity contribution in [3.63, 3.8) is 0 Å². The van der Waals surface area contributed by atoms with E-state index >= 15 is 0 Å². The first-order valence-electron chi connectivity index (χ1n) is 10.0. The third-order valence-corrected chi connectivity index (χ3v) is 7.85. The van der Waals surface area contributed by atoms with Crippen LogP contribution in [0.5, 0.6) is 0 Å². The van der Waals surface area contributed by atoms with Crippen molar-refractivity contribution in [1.82, 2.24) is 14.8 Å². The summed E-state index contributed by atoms with van der Waals surface area (Å²) in [6.45, 7) is 11.0. The van der Waals surface area contributed by atoms with Crippen LogP contribution in [0.3, 0.4) is 0 Å². The second-order valence-corrected chi connectivity index (χ2v) is 10.3. The zero-order chi connectivity index (χ0) is 18.5. The van der Waals surface area contributed by atoms with Gasteiger partial charge in [-0.25, -0.2) is 4.98 Å². The maximum absolute atomic E-state index is 13.0. The van der Waals surface area contributed by atoms with Gasteiger partial charge in [0.1, 0.15) is 0 Å². The molecule has 4 atom stereocenters. The van der Waals surface area contributed by atoms with E-state index in [0.29, 0.717) is 17.7 Å². The molecule has 0 aromatic carbocycles. The smallest absolute Gasteiger partial charge is 0.227 e. The molecule has 144 valence electrons. The van der Waals surface area contributed by atoms with Gasteiger partial charge in [-0.2, -0.15) is 0 Å². The molecule has 5 nitrogen and oxygen atoms in total. The molecule has 1 aliphatic heterocycles. The lowest BCUT2D eigenvalue weighted by Crippen LogP contribution is -2.53. The quantitative estimate of drug-likeness (QED) is 0.880. The summed E-state index contributed by atoms with van der Waals surface area (Å²) in [6, 6.07) is 0.102. The summed E-state index contributed by atoms with van der Waals surface area (Å²) in [5.41, 5.74) is 7.65. The molecule has 6 heteroatoms. The molecular formula is C20H32N4OS. The molecule has 1 amide bonds. The Balaban J connectivity index is 1.30. The summed E-state index contributed by atoms with van der Waals surface area (Å²) < 4.78 is 0. The second kappa shape index (κ2) is 6.88. The minimum absolute atomic E-state index is 0.0909. The molecule has 2 bridgehead atoms. The highest BCUT2D eigenvalue weighted by Gasteiger charge is 2.50. The topological polar surface area (TPSA) is 62.5 Å². The number of aromatic nitrogens is 1. The molecule has 4 unspecified atom stereocenters. The first kappa shape index (κ1) is 18.4. The molecule has 3 fully saturated rings. The number of rotatable bonds is 3. The van der Waals surface area contributed by atoms with Gasteiger partial charge >= 0.3 is 0 Å². The highest BCUT2D eigenvalue weighted by atomic mass is 32.1. The van der Waals surface area contributed by atoms with Gasteiger partial charge in [-0.15, -0.1) is 11.3 Å². The second-order valence-electron chi connectivity index (χ2n) is 9.43. The van der Waals surface area contributed by atoms with Crippen LogP contribution in [0.4, 0.5) is 0 Å². The molecule has 1 saturated heterocycles. The van der Waals surface area contributed by atoms with E-state index in [4.69, 9.17) is 10.7 Å². The SMILES string of the molecule is CC(C)(C)c1nc(CN2CCN(C(=O)C3C4CCC(C4)C3N)CC2)cs1. The number of hydrogen-bond donors (Lipinski definition) is 1. The number of fused-ring (bicyclic) bond motifs is 2. The van der Waals surface area contributed by atoms with E-state index in [1.54, 1.807) is 11.3 Å². The van der Waals surface area contributed by atoms with Gasteiger partial charge in [0, 0.05) is 49.6 Å². The number of nitrogens with zero attached hydrogens (tertiary/aromatic N) is 3. The monoisotopic (exact) mass is 376 g/mol. The van der Waals surface area contributed by atoms with Crippen molar-refractivity contribution >= 4 is 17.2 Å².